The summed E-state index contributed by atoms with van der Waals surface area (Å²) in [7, 11) is 0. The number of rotatable bonds is 3. The van der Waals surface area contributed by atoms with Crippen LogP contribution in [0.3, 0.4) is 0 Å². The molecule has 1 aromatic rings. The van der Waals surface area contributed by atoms with Crippen LogP contribution in [0.4, 0.5) is 5.69 Å². The molecule has 1 heterocycles. The van der Waals surface area contributed by atoms with Gasteiger partial charge in [0.1, 0.15) is 0 Å². The second kappa shape index (κ2) is 7.14. The first kappa shape index (κ1) is 16.8. The number of benzene rings is 1. The Balaban J connectivity index is 2.01. The van der Waals surface area contributed by atoms with Crippen molar-refractivity contribution in [3.05, 3.63) is 28.8 Å². The third-order valence-electron chi connectivity index (χ3n) is 4.04. The summed E-state index contributed by atoms with van der Waals surface area (Å²) >= 11 is 5.93. The van der Waals surface area contributed by atoms with E-state index in [1.54, 1.807) is 6.07 Å². The zero-order valence-corrected chi connectivity index (χ0v) is 14.1. The Labute approximate surface area is 136 Å². The van der Waals surface area contributed by atoms with Gasteiger partial charge in [-0.1, -0.05) is 25.4 Å². The van der Waals surface area contributed by atoms with E-state index in [0.717, 1.165) is 30.6 Å². The molecule has 1 atom stereocenters. The average Bonchev–Trinajstić information content (AvgIpc) is 2.49. The van der Waals surface area contributed by atoms with Crippen LogP contribution in [-0.2, 0) is 9.59 Å². The standard InChI is InChI=1S/C17H23ClN2O2/c1-11(2)17(22)20-8-4-5-13(10-20)16(21)19-15-7-6-14(18)9-12(15)3/h6-7,9,11,13H,4-5,8,10H2,1-3H3,(H,19,21). The number of anilines is 1. The van der Waals surface area contributed by atoms with Crippen molar-refractivity contribution in [1.82, 2.24) is 4.90 Å². The fourth-order valence-corrected chi connectivity index (χ4v) is 2.99. The van der Waals surface area contributed by atoms with Crippen LogP contribution >= 0.6 is 11.6 Å². The van der Waals surface area contributed by atoms with Gasteiger partial charge in [-0.15, -0.1) is 0 Å². The van der Waals surface area contributed by atoms with E-state index < -0.39 is 0 Å². The van der Waals surface area contributed by atoms with Gasteiger partial charge in [-0.25, -0.2) is 0 Å². The van der Waals surface area contributed by atoms with E-state index in [1.807, 2.05) is 37.8 Å². The summed E-state index contributed by atoms with van der Waals surface area (Å²) < 4.78 is 0. The second-order valence-electron chi connectivity index (χ2n) is 6.23. The molecule has 1 saturated heterocycles. The summed E-state index contributed by atoms with van der Waals surface area (Å²) in [6, 6.07) is 5.40. The van der Waals surface area contributed by atoms with E-state index in [-0.39, 0.29) is 23.7 Å². The Bertz CT molecular complexity index is 572. The number of nitrogens with zero attached hydrogens (tertiary/aromatic N) is 1. The summed E-state index contributed by atoms with van der Waals surface area (Å²) in [6.07, 6.45) is 1.69. The maximum atomic E-state index is 12.5. The molecule has 0 bridgehead atoms. The lowest BCUT2D eigenvalue weighted by atomic mass is 9.96. The maximum Gasteiger partial charge on any atom is 0.229 e. The van der Waals surface area contributed by atoms with Gasteiger partial charge in [-0.05, 0) is 43.5 Å². The number of carbonyl (C=O) groups excluding carboxylic acids is 2. The van der Waals surface area contributed by atoms with Crippen LogP contribution in [0.1, 0.15) is 32.3 Å². The first-order valence-electron chi connectivity index (χ1n) is 7.74. The maximum absolute atomic E-state index is 12.5. The summed E-state index contributed by atoms with van der Waals surface area (Å²) in [5.74, 6) is -0.0706. The van der Waals surface area contributed by atoms with E-state index in [4.69, 9.17) is 11.6 Å². The zero-order valence-electron chi connectivity index (χ0n) is 13.4. The smallest absolute Gasteiger partial charge is 0.229 e. The van der Waals surface area contributed by atoms with Crippen molar-refractivity contribution in [1.29, 1.82) is 0 Å². The van der Waals surface area contributed by atoms with Crippen LogP contribution in [-0.4, -0.2) is 29.8 Å². The lowest BCUT2D eigenvalue weighted by Gasteiger charge is -2.33. The van der Waals surface area contributed by atoms with E-state index >= 15 is 0 Å². The number of nitrogens with one attached hydrogen (secondary N) is 1. The number of aryl methyl sites for hydroxylation is 1. The Morgan fingerprint density at radius 3 is 2.73 bits per heavy atom. The predicted molar refractivity (Wildman–Crippen MR) is 89.0 cm³/mol. The van der Waals surface area contributed by atoms with Gasteiger partial charge in [0.05, 0.1) is 5.92 Å². The highest BCUT2D eigenvalue weighted by Gasteiger charge is 2.29. The van der Waals surface area contributed by atoms with Crippen molar-refractivity contribution in [2.24, 2.45) is 11.8 Å². The number of hydrogen-bond donors (Lipinski definition) is 1. The molecule has 2 rings (SSSR count). The Morgan fingerprint density at radius 2 is 2.09 bits per heavy atom. The number of hydrogen-bond acceptors (Lipinski definition) is 2. The van der Waals surface area contributed by atoms with Crippen LogP contribution in [0.2, 0.25) is 5.02 Å². The van der Waals surface area contributed by atoms with E-state index in [2.05, 4.69) is 5.32 Å². The first-order chi connectivity index (χ1) is 10.4. The van der Waals surface area contributed by atoms with Crippen LogP contribution in [0.15, 0.2) is 18.2 Å². The summed E-state index contributed by atoms with van der Waals surface area (Å²) in [6.45, 7) is 6.96. The topological polar surface area (TPSA) is 49.4 Å². The van der Waals surface area contributed by atoms with Gasteiger partial charge in [-0.2, -0.15) is 0 Å². The van der Waals surface area contributed by atoms with Crippen molar-refractivity contribution < 1.29 is 9.59 Å². The van der Waals surface area contributed by atoms with Crippen LogP contribution in [0, 0.1) is 18.8 Å². The molecule has 5 heteroatoms. The lowest BCUT2D eigenvalue weighted by Crippen LogP contribution is -2.45. The number of piperidine rings is 1. The molecule has 1 unspecified atom stereocenters. The minimum Gasteiger partial charge on any atom is -0.342 e. The molecule has 1 aliphatic heterocycles. The van der Waals surface area contributed by atoms with Crippen LogP contribution in [0.5, 0.6) is 0 Å². The van der Waals surface area contributed by atoms with Gasteiger partial charge in [0, 0.05) is 29.7 Å². The fourth-order valence-electron chi connectivity index (χ4n) is 2.76. The van der Waals surface area contributed by atoms with Gasteiger partial charge >= 0.3 is 0 Å². The summed E-state index contributed by atoms with van der Waals surface area (Å²) in [4.78, 5) is 26.4. The third-order valence-corrected chi connectivity index (χ3v) is 4.28. The SMILES string of the molecule is Cc1cc(Cl)ccc1NC(=O)C1CCCN(C(=O)C(C)C)C1. The summed E-state index contributed by atoms with van der Waals surface area (Å²) in [5, 5.41) is 3.61. The van der Waals surface area contributed by atoms with Crippen molar-refractivity contribution >= 4 is 29.1 Å². The molecule has 0 radical (unpaired) electrons. The van der Waals surface area contributed by atoms with Crippen molar-refractivity contribution in [3.8, 4) is 0 Å². The highest BCUT2D eigenvalue weighted by molar-refractivity contribution is 6.30. The molecule has 120 valence electrons. The normalized spacial score (nSPS) is 18.4. The molecule has 4 nitrogen and oxygen atoms in total. The quantitative estimate of drug-likeness (QED) is 0.926. The Morgan fingerprint density at radius 1 is 1.36 bits per heavy atom. The largest absolute Gasteiger partial charge is 0.342 e. The molecule has 0 aliphatic carbocycles. The van der Waals surface area contributed by atoms with Gasteiger partial charge < -0.3 is 10.2 Å². The van der Waals surface area contributed by atoms with Crippen molar-refractivity contribution in [3.63, 3.8) is 0 Å². The third kappa shape index (κ3) is 4.01. The molecule has 0 aromatic heterocycles. The van der Waals surface area contributed by atoms with E-state index in [9.17, 15) is 9.59 Å². The van der Waals surface area contributed by atoms with Crippen molar-refractivity contribution in [2.45, 2.75) is 33.6 Å². The molecule has 1 N–H and O–H groups in total. The van der Waals surface area contributed by atoms with Gasteiger partial charge in [0.2, 0.25) is 11.8 Å². The van der Waals surface area contributed by atoms with Crippen molar-refractivity contribution in [2.75, 3.05) is 18.4 Å². The minimum absolute atomic E-state index is 0.0216. The van der Waals surface area contributed by atoms with Gasteiger partial charge in [-0.3, -0.25) is 9.59 Å². The number of likely N-dealkylation sites (tertiary alicyclic amines) is 1. The van der Waals surface area contributed by atoms with E-state index in [0.29, 0.717) is 11.6 Å². The second-order valence-corrected chi connectivity index (χ2v) is 6.66. The molecular formula is C17H23ClN2O2. The number of amides is 2. The number of carbonyl (C=O) groups is 2. The molecule has 0 saturated carbocycles. The monoisotopic (exact) mass is 322 g/mol. The molecule has 2 amide bonds. The Kier molecular flexibility index (Phi) is 5.46. The zero-order chi connectivity index (χ0) is 16.3. The molecular weight excluding hydrogens is 300 g/mol. The van der Waals surface area contributed by atoms with Crippen LogP contribution < -0.4 is 5.32 Å². The molecule has 1 aliphatic rings. The lowest BCUT2D eigenvalue weighted by molar-refractivity contribution is -0.137. The highest BCUT2D eigenvalue weighted by atomic mass is 35.5. The average molecular weight is 323 g/mol. The minimum atomic E-state index is -0.147. The van der Waals surface area contributed by atoms with Gasteiger partial charge in [0.15, 0.2) is 0 Å². The molecule has 1 fully saturated rings. The van der Waals surface area contributed by atoms with Gasteiger partial charge in [0.25, 0.3) is 0 Å². The fraction of sp³-hybridized carbons (Fsp3) is 0.529. The highest BCUT2D eigenvalue weighted by Crippen LogP contribution is 2.23. The Hall–Kier alpha value is -1.55. The molecule has 1 aromatic carbocycles. The number of halogens is 1. The predicted octanol–water partition coefficient (Wildman–Crippen LogP) is 3.48. The first-order valence-corrected chi connectivity index (χ1v) is 8.12. The molecule has 22 heavy (non-hydrogen) atoms. The summed E-state index contributed by atoms with van der Waals surface area (Å²) in [5.41, 5.74) is 1.72. The van der Waals surface area contributed by atoms with Crippen LogP contribution in [0.25, 0.3) is 0 Å². The van der Waals surface area contributed by atoms with E-state index in [1.165, 1.54) is 0 Å². The molecule has 0 spiro atoms.